The Morgan fingerprint density at radius 3 is 3.10 bits per heavy atom. The van der Waals surface area contributed by atoms with Gasteiger partial charge >= 0.3 is 0 Å². The molecule has 0 saturated carbocycles. The molecule has 1 saturated heterocycles. The summed E-state index contributed by atoms with van der Waals surface area (Å²) in [5.41, 5.74) is 0. The fraction of sp³-hybridized carbons (Fsp3) is 0.714. The summed E-state index contributed by atoms with van der Waals surface area (Å²) >= 11 is 0. The molecule has 0 amide bonds. The third-order valence-electron chi connectivity index (χ3n) is 3.30. The monoisotopic (exact) mass is 282 g/mol. The van der Waals surface area contributed by atoms with E-state index in [2.05, 4.69) is 22.2 Å². The number of nitrogens with one attached hydrogen (secondary N) is 1. The van der Waals surface area contributed by atoms with Gasteiger partial charge in [-0.3, -0.25) is 0 Å². The fourth-order valence-corrected chi connectivity index (χ4v) is 2.37. The summed E-state index contributed by atoms with van der Waals surface area (Å²) in [4.78, 5) is 10.2. The molecule has 0 radical (unpaired) electrons. The highest BCUT2D eigenvalue weighted by molar-refractivity contribution is 5.44. The lowest BCUT2D eigenvalue weighted by Gasteiger charge is -2.33. The van der Waals surface area contributed by atoms with Gasteiger partial charge in [-0.2, -0.15) is 4.98 Å². The van der Waals surface area contributed by atoms with Gasteiger partial charge in [-0.1, -0.05) is 6.92 Å². The lowest BCUT2D eigenvalue weighted by atomic mass is 10.1. The molecule has 6 heteroatoms. The minimum atomic E-state index is -0.372. The predicted octanol–water partition coefficient (Wildman–Crippen LogP) is 2.44. The Morgan fingerprint density at radius 1 is 1.50 bits per heavy atom. The summed E-state index contributed by atoms with van der Waals surface area (Å²) in [6, 6.07) is 0. The number of hydrogen-bond acceptors (Lipinski definition) is 5. The minimum Gasteiger partial charge on any atom is -0.376 e. The Kier molecular flexibility index (Phi) is 5.52. The van der Waals surface area contributed by atoms with Crippen LogP contribution in [0.25, 0.3) is 0 Å². The summed E-state index contributed by atoms with van der Waals surface area (Å²) in [6.07, 6.45) is 4.43. The van der Waals surface area contributed by atoms with Gasteiger partial charge in [-0.15, -0.1) is 0 Å². The standard InChI is InChI=1S/C14H23FN4O/c1-3-8-20-11-6-5-7-19(10-11)13-12(15)9-17-14(18-13)16-4-2/h9,11H,3-8,10H2,1-2H3,(H,16,17,18). The number of nitrogens with zero attached hydrogens (tertiary/aromatic N) is 3. The average Bonchev–Trinajstić information content (AvgIpc) is 2.47. The zero-order valence-corrected chi connectivity index (χ0v) is 12.2. The largest absolute Gasteiger partial charge is 0.376 e. The van der Waals surface area contributed by atoms with E-state index in [1.165, 1.54) is 6.20 Å². The molecule has 1 aromatic rings. The highest BCUT2D eigenvalue weighted by atomic mass is 19.1. The second kappa shape index (κ2) is 7.38. The van der Waals surface area contributed by atoms with Crippen molar-refractivity contribution >= 4 is 11.8 Å². The van der Waals surface area contributed by atoms with Crippen LogP contribution in [0.4, 0.5) is 16.2 Å². The normalized spacial score (nSPS) is 19.1. The van der Waals surface area contributed by atoms with E-state index < -0.39 is 0 Å². The average molecular weight is 282 g/mol. The van der Waals surface area contributed by atoms with Crippen molar-refractivity contribution in [1.29, 1.82) is 0 Å². The maximum Gasteiger partial charge on any atom is 0.224 e. The number of ether oxygens (including phenoxy) is 1. The van der Waals surface area contributed by atoms with Gasteiger partial charge in [0, 0.05) is 26.2 Å². The van der Waals surface area contributed by atoms with Crippen LogP contribution < -0.4 is 10.2 Å². The predicted molar refractivity (Wildman–Crippen MR) is 77.6 cm³/mol. The second-order valence-electron chi connectivity index (χ2n) is 4.98. The van der Waals surface area contributed by atoms with Crippen LogP contribution in [-0.2, 0) is 4.74 Å². The van der Waals surface area contributed by atoms with E-state index in [-0.39, 0.29) is 11.9 Å². The Labute approximate surface area is 119 Å². The van der Waals surface area contributed by atoms with Crippen molar-refractivity contribution in [2.24, 2.45) is 0 Å². The van der Waals surface area contributed by atoms with Crippen LogP contribution >= 0.6 is 0 Å². The third kappa shape index (κ3) is 3.79. The molecule has 1 fully saturated rings. The van der Waals surface area contributed by atoms with Crippen LogP contribution in [0.3, 0.4) is 0 Å². The molecule has 112 valence electrons. The molecule has 1 N–H and O–H groups in total. The molecule has 0 aromatic carbocycles. The Morgan fingerprint density at radius 2 is 2.35 bits per heavy atom. The van der Waals surface area contributed by atoms with Gasteiger partial charge in [0.15, 0.2) is 11.6 Å². The molecular formula is C14H23FN4O. The maximum atomic E-state index is 13.9. The van der Waals surface area contributed by atoms with E-state index in [1.807, 2.05) is 11.8 Å². The summed E-state index contributed by atoms with van der Waals surface area (Å²) in [7, 11) is 0. The summed E-state index contributed by atoms with van der Waals surface area (Å²) in [6.45, 7) is 7.03. The number of rotatable bonds is 6. The smallest absolute Gasteiger partial charge is 0.224 e. The Hall–Kier alpha value is -1.43. The Bertz CT molecular complexity index is 430. The van der Waals surface area contributed by atoms with Crippen LogP contribution in [0.1, 0.15) is 33.1 Å². The number of aromatic nitrogens is 2. The number of hydrogen-bond donors (Lipinski definition) is 1. The first-order valence-electron chi connectivity index (χ1n) is 7.37. The zero-order valence-electron chi connectivity index (χ0n) is 12.2. The van der Waals surface area contributed by atoms with Crippen molar-refractivity contribution in [3.05, 3.63) is 12.0 Å². The fourth-order valence-electron chi connectivity index (χ4n) is 2.37. The van der Waals surface area contributed by atoms with Crippen molar-refractivity contribution in [2.75, 3.05) is 36.5 Å². The summed E-state index contributed by atoms with van der Waals surface area (Å²) in [5.74, 6) is 0.476. The van der Waals surface area contributed by atoms with Crippen LogP contribution in [0.15, 0.2) is 6.20 Å². The van der Waals surface area contributed by atoms with Crippen molar-refractivity contribution in [1.82, 2.24) is 9.97 Å². The van der Waals surface area contributed by atoms with Gasteiger partial charge < -0.3 is 15.0 Å². The summed E-state index contributed by atoms with van der Waals surface area (Å²) in [5, 5.41) is 3.01. The quantitative estimate of drug-likeness (QED) is 0.868. The van der Waals surface area contributed by atoms with Crippen molar-refractivity contribution < 1.29 is 9.13 Å². The van der Waals surface area contributed by atoms with E-state index in [0.717, 1.165) is 32.4 Å². The van der Waals surface area contributed by atoms with Gasteiger partial charge in [0.1, 0.15) is 0 Å². The molecule has 0 spiro atoms. The first-order chi connectivity index (χ1) is 9.74. The summed E-state index contributed by atoms with van der Waals surface area (Å²) < 4.78 is 19.7. The number of halogens is 1. The lowest BCUT2D eigenvalue weighted by Crippen LogP contribution is -2.40. The molecule has 0 bridgehead atoms. The van der Waals surface area contributed by atoms with Crippen LogP contribution in [-0.4, -0.2) is 42.3 Å². The molecule has 0 aliphatic carbocycles. The lowest BCUT2D eigenvalue weighted by molar-refractivity contribution is 0.0438. The molecular weight excluding hydrogens is 259 g/mol. The molecule has 1 aliphatic heterocycles. The molecule has 1 unspecified atom stereocenters. The molecule has 1 aromatic heterocycles. The maximum absolute atomic E-state index is 13.9. The molecule has 1 atom stereocenters. The first-order valence-corrected chi connectivity index (χ1v) is 7.37. The van der Waals surface area contributed by atoms with E-state index >= 15 is 0 Å². The SMILES string of the molecule is CCCOC1CCCN(c2nc(NCC)ncc2F)C1. The number of anilines is 2. The number of piperidine rings is 1. The first kappa shape index (κ1) is 15.0. The Balaban J connectivity index is 2.07. The van der Waals surface area contributed by atoms with Crippen molar-refractivity contribution in [3.8, 4) is 0 Å². The van der Waals surface area contributed by atoms with Gasteiger partial charge in [-0.25, -0.2) is 9.37 Å². The van der Waals surface area contributed by atoms with Crippen LogP contribution in [0.2, 0.25) is 0 Å². The topological polar surface area (TPSA) is 50.3 Å². The third-order valence-corrected chi connectivity index (χ3v) is 3.30. The van der Waals surface area contributed by atoms with Gasteiger partial charge in [0.05, 0.1) is 12.3 Å². The van der Waals surface area contributed by atoms with Crippen LogP contribution in [0.5, 0.6) is 0 Å². The van der Waals surface area contributed by atoms with E-state index in [9.17, 15) is 4.39 Å². The molecule has 1 aliphatic rings. The van der Waals surface area contributed by atoms with E-state index in [1.54, 1.807) is 0 Å². The minimum absolute atomic E-state index is 0.167. The molecule has 2 rings (SSSR count). The highest BCUT2D eigenvalue weighted by Crippen LogP contribution is 2.23. The highest BCUT2D eigenvalue weighted by Gasteiger charge is 2.24. The van der Waals surface area contributed by atoms with E-state index in [4.69, 9.17) is 4.74 Å². The zero-order chi connectivity index (χ0) is 14.4. The van der Waals surface area contributed by atoms with Crippen LogP contribution in [0, 0.1) is 5.82 Å². The molecule has 5 nitrogen and oxygen atoms in total. The van der Waals surface area contributed by atoms with Gasteiger partial charge in [0.25, 0.3) is 0 Å². The van der Waals surface area contributed by atoms with Crippen molar-refractivity contribution in [2.45, 2.75) is 39.2 Å². The molecule has 20 heavy (non-hydrogen) atoms. The van der Waals surface area contributed by atoms with Gasteiger partial charge in [-0.05, 0) is 26.2 Å². The van der Waals surface area contributed by atoms with Gasteiger partial charge in [0.2, 0.25) is 5.95 Å². The van der Waals surface area contributed by atoms with E-state index in [0.29, 0.717) is 24.9 Å². The second-order valence-corrected chi connectivity index (χ2v) is 4.98. The molecule has 2 heterocycles. The van der Waals surface area contributed by atoms with Crippen molar-refractivity contribution in [3.63, 3.8) is 0 Å².